The van der Waals surface area contributed by atoms with Gasteiger partial charge in [-0.1, -0.05) is 68.4 Å². The highest BCUT2D eigenvalue weighted by Crippen LogP contribution is 2.35. The molecule has 166 valence electrons. The van der Waals surface area contributed by atoms with Crippen molar-refractivity contribution in [1.82, 2.24) is 10.2 Å². The Morgan fingerprint density at radius 2 is 1.58 bits per heavy atom. The lowest BCUT2D eigenvalue weighted by Crippen LogP contribution is -2.47. The predicted octanol–water partition coefficient (Wildman–Crippen LogP) is 4.53. The molecule has 4 heteroatoms. The van der Waals surface area contributed by atoms with Crippen molar-refractivity contribution in [3.63, 3.8) is 0 Å². The van der Waals surface area contributed by atoms with E-state index in [-0.39, 0.29) is 5.91 Å². The number of ether oxygens (including phenoxy) is 1. The van der Waals surface area contributed by atoms with E-state index in [4.69, 9.17) is 4.74 Å². The zero-order valence-corrected chi connectivity index (χ0v) is 19.0. The molecule has 1 N–H and O–H groups in total. The van der Waals surface area contributed by atoms with Crippen LogP contribution in [-0.2, 0) is 28.0 Å². The predicted molar refractivity (Wildman–Crippen MR) is 125 cm³/mol. The van der Waals surface area contributed by atoms with Crippen molar-refractivity contribution >= 4 is 5.91 Å². The van der Waals surface area contributed by atoms with Crippen molar-refractivity contribution in [3.05, 3.63) is 71.3 Å². The molecule has 2 heterocycles. The summed E-state index contributed by atoms with van der Waals surface area (Å²) in [6.45, 7) is 9.92. The first kappa shape index (κ1) is 22.0. The summed E-state index contributed by atoms with van der Waals surface area (Å²) in [6.07, 6.45) is 2.80. The Hall–Kier alpha value is -2.17. The van der Waals surface area contributed by atoms with Crippen LogP contribution < -0.4 is 5.32 Å². The maximum atomic E-state index is 13.3. The Bertz CT molecular complexity index is 833. The molecular formula is C27H36N2O2. The summed E-state index contributed by atoms with van der Waals surface area (Å²) in [5.74, 6) is 1.67. The van der Waals surface area contributed by atoms with Gasteiger partial charge in [0.05, 0.1) is 5.41 Å². The Balaban J connectivity index is 1.36. The van der Waals surface area contributed by atoms with Gasteiger partial charge in [0.25, 0.3) is 0 Å². The first-order chi connectivity index (χ1) is 15.0. The summed E-state index contributed by atoms with van der Waals surface area (Å²) in [4.78, 5) is 15.9. The lowest BCUT2D eigenvalue weighted by molar-refractivity contribution is -0.130. The van der Waals surface area contributed by atoms with Crippen LogP contribution in [0.4, 0.5) is 0 Å². The van der Waals surface area contributed by atoms with E-state index < -0.39 is 5.41 Å². The SMILES string of the molecule is CC1CC(C)CN(Cc2ccc(CNC(=O)C3(c4ccccc4)CCOCC3)cc2)C1. The van der Waals surface area contributed by atoms with Gasteiger partial charge < -0.3 is 10.1 Å². The van der Waals surface area contributed by atoms with E-state index in [0.717, 1.165) is 42.3 Å². The van der Waals surface area contributed by atoms with E-state index in [1.807, 2.05) is 18.2 Å². The molecule has 2 atom stereocenters. The summed E-state index contributed by atoms with van der Waals surface area (Å²) >= 11 is 0. The molecule has 2 aliphatic rings. The van der Waals surface area contributed by atoms with Crippen molar-refractivity contribution in [2.24, 2.45) is 11.8 Å². The largest absolute Gasteiger partial charge is 0.381 e. The first-order valence-corrected chi connectivity index (χ1v) is 11.8. The minimum absolute atomic E-state index is 0.113. The Morgan fingerprint density at radius 3 is 2.23 bits per heavy atom. The van der Waals surface area contributed by atoms with Gasteiger partial charge in [-0.05, 0) is 47.8 Å². The molecule has 0 saturated carbocycles. The second-order valence-corrected chi connectivity index (χ2v) is 9.70. The van der Waals surface area contributed by atoms with Crippen molar-refractivity contribution in [2.75, 3.05) is 26.3 Å². The van der Waals surface area contributed by atoms with Gasteiger partial charge in [-0.15, -0.1) is 0 Å². The molecule has 0 aliphatic carbocycles. The van der Waals surface area contributed by atoms with E-state index in [1.165, 1.54) is 25.1 Å². The van der Waals surface area contributed by atoms with Crippen LogP contribution >= 0.6 is 0 Å². The van der Waals surface area contributed by atoms with Crippen LogP contribution in [0.25, 0.3) is 0 Å². The van der Waals surface area contributed by atoms with E-state index in [0.29, 0.717) is 19.8 Å². The van der Waals surface area contributed by atoms with Gasteiger partial charge in [0, 0.05) is 39.4 Å². The van der Waals surface area contributed by atoms with Gasteiger partial charge in [-0.3, -0.25) is 9.69 Å². The topological polar surface area (TPSA) is 41.6 Å². The number of nitrogens with zero attached hydrogens (tertiary/aromatic N) is 1. The third-order valence-corrected chi connectivity index (χ3v) is 6.93. The van der Waals surface area contributed by atoms with Crippen LogP contribution in [-0.4, -0.2) is 37.1 Å². The van der Waals surface area contributed by atoms with E-state index in [1.54, 1.807) is 0 Å². The van der Waals surface area contributed by atoms with Crippen LogP contribution in [0.5, 0.6) is 0 Å². The average molecular weight is 421 g/mol. The third kappa shape index (κ3) is 5.36. The standard InChI is InChI=1S/C27H36N2O2/c1-21-16-22(2)19-29(18-21)20-24-10-8-23(9-11-24)17-28-26(30)27(12-14-31-15-13-27)25-6-4-3-5-7-25/h3-11,21-22H,12-20H2,1-2H3,(H,28,30). The molecular weight excluding hydrogens is 384 g/mol. The third-order valence-electron chi connectivity index (χ3n) is 6.93. The zero-order chi connectivity index (χ0) is 21.7. The fraction of sp³-hybridized carbons (Fsp3) is 0.519. The molecule has 31 heavy (non-hydrogen) atoms. The Labute approximate surface area is 187 Å². The Morgan fingerprint density at radius 1 is 0.968 bits per heavy atom. The molecule has 4 rings (SSSR count). The van der Waals surface area contributed by atoms with Crippen molar-refractivity contribution < 1.29 is 9.53 Å². The summed E-state index contributed by atoms with van der Waals surface area (Å²) < 4.78 is 5.56. The van der Waals surface area contributed by atoms with Gasteiger partial charge in [0.2, 0.25) is 5.91 Å². The fourth-order valence-electron chi connectivity index (χ4n) is 5.42. The van der Waals surface area contributed by atoms with Crippen LogP contribution in [0.2, 0.25) is 0 Å². The smallest absolute Gasteiger partial charge is 0.231 e. The molecule has 2 aliphatic heterocycles. The fourth-order valence-corrected chi connectivity index (χ4v) is 5.42. The number of piperidine rings is 1. The number of benzene rings is 2. The molecule has 2 fully saturated rings. The molecule has 2 saturated heterocycles. The van der Waals surface area contributed by atoms with Crippen molar-refractivity contribution in [3.8, 4) is 0 Å². The second kappa shape index (κ2) is 9.97. The quantitative estimate of drug-likeness (QED) is 0.747. The molecule has 0 spiro atoms. The van der Waals surface area contributed by atoms with E-state index >= 15 is 0 Å². The maximum absolute atomic E-state index is 13.3. The molecule has 1 amide bonds. The molecule has 2 unspecified atom stereocenters. The summed E-state index contributed by atoms with van der Waals surface area (Å²) in [6, 6.07) is 18.9. The highest BCUT2D eigenvalue weighted by Gasteiger charge is 2.41. The van der Waals surface area contributed by atoms with Crippen LogP contribution in [0.15, 0.2) is 54.6 Å². The summed E-state index contributed by atoms with van der Waals surface area (Å²) in [5.41, 5.74) is 3.10. The molecule has 2 aromatic rings. The van der Waals surface area contributed by atoms with Gasteiger partial charge in [0.15, 0.2) is 0 Å². The van der Waals surface area contributed by atoms with Crippen LogP contribution in [0, 0.1) is 11.8 Å². The Kier molecular flexibility index (Phi) is 7.09. The van der Waals surface area contributed by atoms with Gasteiger partial charge in [0.1, 0.15) is 0 Å². The normalized spacial score (nSPS) is 23.9. The number of carbonyl (C=O) groups excluding carboxylic acids is 1. The summed E-state index contributed by atoms with van der Waals surface area (Å²) in [7, 11) is 0. The minimum atomic E-state index is -0.485. The maximum Gasteiger partial charge on any atom is 0.231 e. The van der Waals surface area contributed by atoms with Gasteiger partial charge >= 0.3 is 0 Å². The second-order valence-electron chi connectivity index (χ2n) is 9.70. The van der Waals surface area contributed by atoms with Crippen molar-refractivity contribution in [1.29, 1.82) is 0 Å². The number of rotatable bonds is 6. The van der Waals surface area contributed by atoms with Crippen LogP contribution in [0.1, 0.15) is 49.8 Å². The number of likely N-dealkylation sites (tertiary alicyclic amines) is 1. The molecule has 0 aromatic heterocycles. The molecule has 2 aromatic carbocycles. The zero-order valence-electron chi connectivity index (χ0n) is 19.0. The van der Waals surface area contributed by atoms with Crippen molar-refractivity contribution in [2.45, 2.75) is 51.6 Å². The average Bonchev–Trinajstić information content (AvgIpc) is 2.79. The molecule has 0 radical (unpaired) electrons. The number of nitrogens with one attached hydrogen (secondary N) is 1. The molecule has 4 nitrogen and oxygen atoms in total. The van der Waals surface area contributed by atoms with Crippen LogP contribution in [0.3, 0.4) is 0 Å². The lowest BCUT2D eigenvalue weighted by atomic mass is 9.73. The van der Waals surface area contributed by atoms with Gasteiger partial charge in [-0.2, -0.15) is 0 Å². The van der Waals surface area contributed by atoms with E-state index in [9.17, 15) is 4.79 Å². The number of hydrogen-bond donors (Lipinski definition) is 1. The molecule has 0 bridgehead atoms. The van der Waals surface area contributed by atoms with E-state index in [2.05, 4.69) is 60.5 Å². The highest BCUT2D eigenvalue weighted by molar-refractivity contribution is 5.88. The highest BCUT2D eigenvalue weighted by atomic mass is 16.5. The number of amides is 1. The summed E-state index contributed by atoms with van der Waals surface area (Å²) in [5, 5.41) is 3.22. The van der Waals surface area contributed by atoms with Gasteiger partial charge in [-0.25, -0.2) is 0 Å². The number of carbonyl (C=O) groups is 1. The monoisotopic (exact) mass is 420 g/mol. The minimum Gasteiger partial charge on any atom is -0.381 e. The lowest BCUT2D eigenvalue weighted by Gasteiger charge is -2.36. The number of hydrogen-bond acceptors (Lipinski definition) is 3. The first-order valence-electron chi connectivity index (χ1n) is 11.8.